The summed E-state index contributed by atoms with van der Waals surface area (Å²) in [6.07, 6.45) is 28.0. The Bertz CT molecular complexity index is 629. The molecule has 2 aliphatic rings. The van der Waals surface area contributed by atoms with E-state index in [0.717, 1.165) is 66.1 Å². The molecule has 2 nitrogen and oxygen atoms in total. The topological polar surface area (TPSA) is 37.3 Å². The van der Waals surface area contributed by atoms with Gasteiger partial charge in [-0.25, -0.2) is 0 Å². The van der Waals surface area contributed by atoms with Crippen LogP contribution in [0.3, 0.4) is 0 Å². The molecule has 39 heavy (non-hydrogen) atoms. The Morgan fingerprint density at radius 2 is 1.31 bits per heavy atom. The summed E-state index contributed by atoms with van der Waals surface area (Å²) >= 11 is 0. The summed E-state index contributed by atoms with van der Waals surface area (Å²) in [5.74, 6) is 7.71. The molecule has 0 radical (unpaired) electrons. The van der Waals surface area contributed by atoms with Crippen molar-refractivity contribution in [3.05, 3.63) is 0 Å². The summed E-state index contributed by atoms with van der Waals surface area (Å²) in [6, 6.07) is 0. The van der Waals surface area contributed by atoms with E-state index in [2.05, 4.69) is 41.5 Å². The second-order valence-electron chi connectivity index (χ2n) is 15.3. The second-order valence-corrected chi connectivity index (χ2v) is 15.3. The summed E-state index contributed by atoms with van der Waals surface area (Å²) in [4.78, 5) is 10.7. The van der Waals surface area contributed by atoms with Crippen LogP contribution in [0.5, 0.6) is 0 Å². The lowest BCUT2D eigenvalue weighted by molar-refractivity contribution is -0.137. The van der Waals surface area contributed by atoms with Crippen LogP contribution in [-0.2, 0) is 4.79 Å². The summed E-state index contributed by atoms with van der Waals surface area (Å²) in [5, 5.41) is 8.78. The Labute approximate surface area is 245 Å². The zero-order valence-electron chi connectivity index (χ0n) is 27.4. The third-order valence-electron chi connectivity index (χ3n) is 11.6. The molecule has 0 aromatic carbocycles. The van der Waals surface area contributed by atoms with Crippen LogP contribution >= 0.6 is 0 Å². The summed E-state index contributed by atoms with van der Waals surface area (Å²) in [6.45, 7) is 15.1. The number of carbonyl (C=O) groups is 1. The summed E-state index contributed by atoms with van der Waals surface area (Å²) in [5.41, 5.74) is 0. The van der Waals surface area contributed by atoms with Gasteiger partial charge >= 0.3 is 5.97 Å². The molecule has 9 atom stereocenters. The monoisotopic (exact) mass is 547 g/mol. The van der Waals surface area contributed by atoms with Crippen molar-refractivity contribution in [2.45, 2.75) is 176 Å². The number of rotatable bonds is 22. The number of carboxylic acid groups (broad SMARTS) is 1. The number of hydrogen-bond acceptors (Lipinski definition) is 1. The Morgan fingerprint density at radius 1 is 0.667 bits per heavy atom. The predicted octanol–water partition coefficient (Wildman–Crippen LogP) is 12.0. The SMILES string of the molecule is CC(CCCCCCC(C)C(C)CC(C)C1CCC(C)C1)CCCC(C)C1CCC(CCCCCC(=O)O)C1. The van der Waals surface area contributed by atoms with Crippen LogP contribution in [-0.4, -0.2) is 11.1 Å². The third-order valence-corrected chi connectivity index (χ3v) is 11.6. The van der Waals surface area contributed by atoms with Gasteiger partial charge in [-0.05, 0) is 91.8 Å². The molecule has 0 spiro atoms. The highest BCUT2D eigenvalue weighted by Gasteiger charge is 2.29. The van der Waals surface area contributed by atoms with Crippen molar-refractivity contribution < 1.29 is 9.90 Å². The van der Waals surface area contributed by atoms with Gasteiger partial charge in [0.2, 0.25) is 0 Å². The molecule has 9 unspecified atom stereocenters. The quantitative estimate of drug-likeness (QED) is 0.137. The van der Waals surface area contributed by atoms with Gasteiger partial charge < -0.3 is 5.11 Å². The molecular weight excluding hydrogens is 476 g/mol. The highest BCUT2D eigenvalue weighted by Crippen LogP contribution is 2.41. The van der Waals surface area contributed by atoms with Crippen LogP contribution < -0.4 is 0 Å². The van der Waals surface area contributed by atoms with Crippen LogP contribution in [0.25, 0.3) is 0 Å². The maximum atomic E-state index is 10.7. The fourth-order valence-corrected chi connectivity index (χ4v) is 8.32. The van der Waals surface area contributed by atoms with E-state index in [-0.39, 0.29) is 0 Å². The van der Waals surface area contributed by atoms with Crippen LogP contribution in [0.4, 0.5) is 0 Å². The molecule has 0 amide bonds. The van der Waals surface area contributed by atoms with Gasteiger partial charge in [-0.1, -0.05) is 131 Å². The van der Waals surface area contributed by atoms with Gasteiger partial charge in [0.1, 0.15) is 0 Å². The molecule has 2 saturated carbocycles. The van der Waals surface area contributed by atoms with E-state index in [0.29, 0.717) is 6.42 Å². The lowest BCUT2D eigenvalue weighted by Crippen LogP contribution is -2.17. The van der Waals surface area contributed by atoms with Gasteiger partial charge in [0.15, 0.2) is 0 Å². The fraction of sp³-hybridized carbons (Fsp3) is 0.973. The van der Waals surface area contributed by atoms with Crippen molar-refractivity contribution in [2.75, 3.05) is 0 Å². The zero-order valence-corrected chi connectivity index (χ0v) is 27.4. The molecule has 230 valence electrons. The zero-order chi connectivity index (χ0) is 28.6. The van der Waals surface area contributed by atoms with Crippen molar-refractivity contribution in [3.63, 3.8) is 0 Å². The molecule has 0 saturated heterocycles. The van der Waals surface area contributed by atoms with Crippen molar-refractivity contribution in [1.82, 2.24) is 0 Å². The molecule has 2 fully saturated rings. The fourth-order valence-electron chi connectivity index (χ4n) is 8.32. The molecule has 0 aliphatic heterocycles. The van der Waals surface area contributed by atoms with Gasteiger partial charge in [-0.3, -0.25) is 4.79 Å². The molecule has 0 aromatic rings. The largest absolute Gasteiger partial charge is 0.481 e. The predicted molar refractivity (Wildman–Crippen MR) is 170 cm³/mol. The molecular formula is C37H70O2. The van der Waals surface area contributed by atoms with Gasteiger partial charge in [-0.15, -0.1) is 0 Å². The van der Waals surface area contributed by atoms with Gasteiger partial charge in [-0.2, -0.15) is 0 Å². The van der Waals surface area contributed by atoms with Crippen molar-refractivity contribution in [3.8, 4) is 0 Å². The van der Waals surface area contributed by atoms with E-state index in [1.807, 2.05) is 0 Å². The molecule has 0 heterocycles. The Morgan fingerprint density at radius 3 is 2.00 bits per heavy atom. The summed E-state index contributed by atoms with van der Waals surface area (Å²) < 4.78 is 0. The van der Waals surface area contributed by atoms with Gasteiger partial charge in [0, 0.05) is 6.42 Å². The molecule has 2 heteroatoms. The van der Waals surface area contributed by atoms with Crippen LogP contribution in [0, 0.1) is 53.3 Å². The van der Waals surface area contributed by atoms with Crippen LogP contribution in [0.15, 0.2) is 0 Å². The maximum Gasteiger partial charge on any atom is 0.303 e. The normalized spacial score (nSPS) is 27.3. The average Bonchev–Trinajstić information content (AvgIpc) is 3.54. The number of aliphatic carboxylic acids is 1. The van der Waals surface area contributed by atoms with E-state index < -0.39 is 5.97 Å². The Balaban J connectivity index is 1.42. The van der Waals surface area contributed by atoms with E-state index in [4.69, 9.17) is 5.11 Å². The van der Waals surface area contributed by atoms with Crippen LogP contribution in [0.1, 0.15) is 176 Å². The first kappa shape index (κ1) is 34.7. The Hall–Kier alpha value is -0.530. The number of unbranched alkanes of at least 4 members (excludes halogenated alkanes) is 5. The van der Waals surface area contributed by atoms with E-state index in [1.165, 1.54) is 116 Å². The van der Waals surface area contributed by atoms with Gasteiger partial charge in [0.05, 0.1) is 0 Å². The molecule has 0 bridgehead atoms. The molecule has 2 rings (SSSR count). The first-order valence-electron chi connectivity index (χ1n) is 17.9. The molecule has 0 aromatic heterocycles. The van der Waals surface area contributed by atoms with Crippen molar-refractivity contribution >= 4 is 5.97 Å². The highest BCUT2D eigenvalue weighted by atomic mass is 16.4. The Kier molecular flexibility index (Phi) is 17.4. The lowest BCUT2D eigenvalue weighted by atomic mass is 9.79. The average molecular weight is 547 g/mol. The van der Waals surface area contributed by atoms with Crippen molar-refractivity contribution in [1.29, 1.82) is 0 Å². The second kappa shape index (κ2) is 19.6. The summed E-state index contributed by atoms with van der Waals surface area (Å²) in [7, 11) is 0. The van der Waals surface area contributed by atoms with Crippen LogP contribution in [0.2, 0.25) is 0 Å². The number of hydrogen-bond donors (Lipinski definition) is 1. The molecule has 1 N–H and O–H groups in total. The van der Waals surface area contributed by atoms with E-state index >= 15 is 0 Å². The molecule has 2 aliphatic carbocycles. The first-order valence-corrected chi connectivity index (χ1v) is 17.9. The van der Waals surface area contributed by atoms with Crippen molar-refractivity contribution in [2.24, 2.45) is 53.3 Å². The first-order chi connectivity index (χ1) is 18.7. The standard InChI is InChI=1S/C37H70O2/c1-28(16-14-18-31(4)36-24-22-34(27-36)19-12-9-13-20-37(38)39)15-10-7-8-11-17-30(3)32(5)26-33(6)35-23-21-29(2)25-35/h28-36H,7-27H2,1-6H3,(H,38,39). The highest BCUT2D eigenvalue weighted by molar-refractivity contribution is 5.66. The minimum absolute atomic E-state index is 0.348. The lowest BCUT2D eigenvalue weighted by Gasteiger charge is -2.27. The smallest absolute Gasteiger partial charge is 0.303 e. The maximum absolute atomic E-state index is 10.7. The van der Waals surface area contributed by atoms with Gasteiger partial charge in [0.25, 0.3) is 0 Å². The number of carboxylic acids is 1. The van der Waals surface area contributed by atoms with E-state index in [1.54, 1.807) is 0 Å². The van der Waals surface area contributed by atoms with E-state index in [9.17, 15) is 4.79 Å². The minimum atomic E-state index is -0.640. The minimum Gasteiger partial charge on any atom is -0.481 e. The third kappa shape index (κ3) is 14.8.